The van der Waals surface area contributed by atoms with E-state index in [0.717, 1.165) is 38.8 Å². The number of hydrogen-bond acceptors (Lipinski definition) is 3. The Morgan fingerprint density at radius 1 is 1.33 bits per heavy atom. The van der Waals surface area contributed by atoms with Crippen molar-refractivity contribution in [3.8, 4) is 0 Å². The molecule has 0 aromatic carbocycles. The molecular formula is C16H28N2O3. The Kier molecular flexibility index (Phi) is 5.25. The number of carboxylic acid groups (broad SMARTS) is 1. The van der Waals surface area contributed by atoms with Crippen molar-refractivity contribution in [1.82, 2.24) is 10.6 Å². The monoisotopic (exact) mass is 296 g/mol. The van der Waals surface area contributed by atoms with Crippen molar-refractivity contribution in [2.75, 3.05) is 19.6 Å². The molecule has 1 saturated carbocycles. The maximum atomic E-state index is 12.3. The minimum absolute atomic E-state index is 0.0363. The summed E-state index contributed by atoms with van der Waals surface area (Å²) in [4.78, 5) is 23.2. The van der Waals surface area contributed by atoms with Crippen molar-refractivity contribution >= 4 is 11.9 Å². The van der Waals surface area contributed by atoms with Crippen LogP contribution in [0.4, 0.5) is 0 Å². The van der Waals surface area contributed by atoms with Crippen molar-refractivity contribution < 1.29 is 14.7 Å². The van der Waals surface area contributed by atoms with Crippen molar-refractivity contribution in [2.24, 2.45) is 23.2 Å². The highest BCUT2D eigenvalue weighted by Crippen LogP contribution is 2.58. The highest BCUT2D eigenvalue weighted by Gasteiger charge is 2.57. The fourth-order valence-electron chi connectivity index (χ4n) is 3.72. The van der Waals surface area contributed by atoms with Crippen molar-refractivity contribution in [1.29, 1.82) is 0 Å². The second-order valence-electron chi connectivity index (χ2n) is 7.21. The van der Waals surface area contributed by atoms with Gasteiger partial charge in [0.1, 0.15) is 0 Å². The first-order chi connectivity index (χ1) is 9.93. The van der Waals surface area contributed by atoms with Gasteiger partial charge in [0, 0.05) is 18.9 Å². The van der Waals surface area contributed by atoms with E-state index >= 15 is 0 Å². The van der Waals surface area contributed by atoms with E-state index in [2.05, 4.69) is 24.5 Å². The molecule has 1 aliphatic carbocycles. The molecule has 2 rings (SSSR count). The van der Waals surface area contributed by atoms with Gasteiger partial charge in [-0.15, -0.1) is 0 Å². The van der Waals surface area contributed by atoms with E-state index in [0.29, 0.717) is 12.5 Å². The van der Waals surface area contributed by atoms with Crippen LogP contribution in [0.15, 0.2) is 0 Å². The van der Waals surface area contributed by atoms with E-state index in [1.165, 1.54) is 0 Å². The van der Waals surface area contributed by atoms with Crippen LogP contribution >= 0.6 is 0 Å². The van der Waals surface area contributed by atoms with Crippen molar-refractivity contribution in [2.45, 2.75) is 46.0 Å². The average Bonchev–Trinajstić information content (AvgIpc) is 3.09. The zero-order valence-corrected chi connectivity index (χ0v) is 13.2. The predicted octanol–water partition coefficient (Wildman–Crippen LogP) is 1.63. The molecule has 0 aromatic heterocycles. The molecule has 1 aliphatic heterocycles. The first-order valence-electron chi connectivity index (χ1n) is 8.13. The van der Waals surface area contributed by atoms with Crippen LogP contribution in [0.2, 0.25) is 0 Å². The van der Waals surface area contributed by atoms with Crippen LogP contribution in [-0.4, -0.2) is 36.6 Å². The SMILES string of the molecule is CC(C)C[C@H](CNC(=O)C1CC12CCNCC2)CC(=O)O. The van der Waals surface area contributed by atoms with Crippen LogP contribution in [0.3, 0.4) is 0 Å². The Morgan fingerprint density at radius 2 is 2.00 bits per heavy atom. The van der Waals surface area contributed by atoms with Gasteiger partial charge in [-0.05, 0) is 56.0 Å². The second-order valence-corrected chi connectivity index (χ2v) is 7.21. The third-order valence-corrected chi connectivity index (χ3v) is 4.94. The van der Waals surface area contributed by atoms with Crippen LogP contribution in [-0.2, 0) is 9.59 Å². The van der Waals surface area contributed by atoms with Crippen LogP contribution in [0.1, 0.15) is 46.0 Å². The van der Waals surface area contributed by atoms with Crippen molar-refractivity contribution in [3.05, 3.63) is 0 Å². The molecule has 3 N–H and O–H groups in total. The zero-order valence-electron chi connectivity index (χ0n) is 13.2. The topological polar surface area (TPSA) is 78.4 Å². The third kappa shape index (κ3) is 4.43. The van der Waals surface area contributed by atoms with Gasteiger partial charge in [0.15, 0.2) is 0 Å². The fraction of sp³-hybridized carbons (Fsp3) is 0.875. The molecule has 2 fully saturated rings. The quantitative estimate of drug-likeness (QED) is 0.667. The highest BCUT2D eigenvalue weighted by atomic mass is 16.4. The van der Waals surface area contributed by atoms with E-state index in [4.69, 9.17) is 5.11 Å². The molecule has 1 saturated heterocycles. The number of carbonyl (C=O) groups is 2. The van der Waals surface area contributed by atoms with E-state index in [9.17, 15) is 9.59 Å². The van der Waals surface area contributed by atoms with Gasteiger partial charge < -0.3 is 15.7 Å². The smallest absolute Gasteiger partial charge is 0.303 e. The number of hydrogen-bond donors (Lipinski definition) is 3. The van der Waals surface area contributed by atoms with Crippen LogP contribution < -0.4 is 10.6 Å². The van der Waals surface area contributed by atoms with Gasteiger partial charge in [0.05, 0.1) is 0 Å². The summed E-state index contributed by atoms with van der Waals surface area (Å²) < 4.78 is 0. The van der Waals surface area contributed by atoms with E-state index in [1.54, 1.807) is 0 Å². The zero-order chi connectivity index (χ0) is 15.5. The molecule has 5 heteroatoms. The normalized spacial score (nSPS) is 24.8. The fourth-order valence-corrected chi connectivity index (χ4v) is 3.72. The molecule has 1 spiro atoms. The number of rotatable bonds is 7. The molecule has 0 aromatic rings. The molecule has 120 valence electrons. The average molecular weight is 296 g/mol. The van der Waals surface area contributed by atoms with Crippen LogP contribution in [0.25, 0.3) is 0 Å². The Labute approximate surface area is 126 Å². The summed E-state index contributed by atoms with van der Waals surface area (Å²) in [7, 11) is 0. The van der Waals surface area contributed by atoms with E-state index < -0.39 is 5.97 Å². The Bertz CT molecular complexity index is 389. The molecule has 1 amide bonds. The molecule has 5 nitrogen and oxygen atoms in total. The summed E-state index contributed by atoms with van der Waals surface area (Å²) in [5.74, 6) is -0.00608. The lowest BCUT2D eigenvalue weighted by atomic mass is 9.91. The summed E-state index contributed by atoms with van der Waals surface area (Å²) >= 11 is 0. The maximum Gasteiger partial charge on any atom is 0.303 e. The van der Waals surface area contributed by atoms with Gasteiger partial charge in [-0.1, -0.05) is 13.8 Å². The lowest BCUT2D eigenvalue weighted by Gasteiger charge is -2.23. The van der Waals surface area contributed by atoms with Gasteiger partial charge >= 0.3 is 5.97 Å². The largest absolute Gasteiger partial charge is 0.481 e. The van der Waals surface area contributed by atoms with E-state index in [-0.39, 0.29) is 29.6 Å². The first-order valence-corrected chi connectivity index (χ1v) is 8.13. The molecule has 21 heavy (non-hydrogen) atoms. The maximum absolute atomic E-state index is 12.3. The third-order valence-electron chi connectivity index (χ3n) is 4.94. The van der Waals surface area contributed by atoms with Gasteiger partial charge in [0.2, 0.25) is 5.91 Å². The first kappa shape index (κ1) is 16.3. The molecule has 0 radical (unpaired) electrons. The Hall–Kier alpha value is -1.10. The molecule has 0 bridgehead atoms. The lowest BCUT2D eigenvalue weighted by molar-refractivity contribution is -0.138. The van der Waals surface area contributed by atoms with Gasteiger partial charge in [-0.2, -0.15) is 0 Å². The van der Waals surface area contributed by atoms with Gasteiger partial charge in [-0.25, -0.2) is 0 Å². The highest BCUT2D eigenvalue weighted by molar-refractivity contribution is 5.82. The minimum Gasteiger partial charge on any atom is -0.481 e. The summed E-state index contributed by atoms with van der Waals surface area (Å²) in [6, 6.07) is 0. The summed E-state index contributed by atoms with van der Waals surface area (Å²) in [5, 5.41) is 15.3. The summed E-state index contributed by atoms with van der Waals surface area (Å²) in [6.07, 6.45) is 4.17. The number of amides is 1. The lowest BCUT2D eigenvalue weighted by Crippen LogP contribution is -2.36. The number of carboxylic acids is 1. The molecule has 1 heterocycles. The van der Waals surface area contributed by atoms with Crippen LogP contribution in [0, 0.1) is 23.2 Å². The molecule has 2 atom stereocenters. The predicted molar refractivity (Wildman–Crippen MR) is 80.9 cm³/mol. The number of carbonyl (C=O) groups excluding carboxylic acids is 1. The molecular weight excluding hydrogens is 268 g/mol. The summed E-state index contributed by atoms with van der Waals surface area (Å²) in [6.45, 7) is 6.69. The minimum atomic E-state index is -0.781. The van der Waals surface area contributed by atoms with E-state index in [1.807, 2.05) is 0 Å². The van der Waals surface area contributed by atoms with Gasteiger partial charge in [-0.3, -0.25) is 9.59 Å². The molecule has 1 unspecified atom stereocenters. The second kappa shape index (κ2) is 6.77. The molecule has 2 aliphatic rings. The van der Waals surface area contributed by atoms with Crippen molar-refractivity contribution in [3.63, 3.8) is 0 Å². The Balaban J connectivity index is 1.78. The number of nitrogens with one attached hydrogen (secondary N) is 2. The van der Waals surface area contributed by atoms with Gasteiger partial charge in [0.25, 0.3) is 0 Å². The summed E-state index contributed by atoms with van der Waals surface area (Å²) in [5.41, 5.74) is 0.246. The number of piperidine rings is 1. The standard InChI is InChI=1S/C16H28N2O3/c1-11(2)7-12(8-14(19)20)10-18-15(21)13-9-16(13)3-5-17-6-4-16/h11-13,17H,3-10H2,1-2H3,(H,18,21)(H,19,20)/t12-,13?/m0/s1. The Morgan fingerprint density at radius 3 is 2.57 bits per heavy atom. The number of aliphatic carboxylic acids is 1. The van der Waals surface area contributed by atoms with Crippen LogP contribution in [0.5, 0.6) is 0 Å².